The summed E-state index contributed by atoms with van der Waals surface area (Å²) in [5.74, 6) is 1.26. The van der Waals surface area contributed by atoms with Crippen LogP contribution in [0, 0.1) is 0 Å². The third-order valence-corrected chi connectivity index (χ3v) is 6.40. The van der Waals surface area contributed by atoms with E-state index in [2.05, 4.69) is 31.8 Å². The van der Waals surface area contributed by atoms with Gasteiger partial charge in [0.25, 0.3) is 5.91 Å². The molecule has 9 heteroatoms. The average Bonchev–Trinajstić information content (AvgIpc) is 2.94. The van der Waals surface area contributed by atoms with Crippen molar-refractivity contribution >= 4 is 34.7 Å². The van der Waals surface area contributed by atoms with Crippen molar-refractivity contribution in [3.8, 4) is 11.5 Å². The number of methoxy groups -OCH3 is 1. The lowest BCUT2D eigenvalue weighted by atomic mass is 10.1. The Morgan fingerprint density at radius 2 is 1.49 bits per heavy atom. The number of ether oxygens (including phenoxy) is 2. The number of urea groups is 1. The maximum atomic E-state index is 13.2. The summed E-state index contributed by atoms with van der Waals surface area (Å²) in [6, 6.07) is 20.3. The van der Waals surface area contributed by atoms with Gasteiger partial charge in [0.1, 0.15) is 11.5 Å². The van der Waals surface area contributed by atoms with Crippen LogP contribution in [0.1, 0.15) is 31.1 Å². The zero-order chi connectivity index (χ0) is 27.8. The summed E-state index contributed by atoms with van der Waals surface area (Å²) < 4.78 is 11.1. The molecule has 39 heavy (non-hydrogen) atoms. The summed E-state index contributed by atoms with van der Waals surface area (Å²) in [7, 11) is 1.68. The van der Waals surface area contributed by atoms with Crippen LogP contribution in [0.4, 0.5) is 27.5 Å². The Bertz CT molecular complexity index is 1290. The zero-order valence-corrected chi connectivity index (χ0v) is 23.0. The second kappa shape index (κ2) is 12.9. The Balaban J connectivity index is 1.51. The molecule has 0 radical (unpaired) electrons. The van der Waals surface area contributed by atoms with E-state index in [0.29, 0.717) is 29.3 Å². The number of hydrogen-bond acceptors (Lipinski definition) is 6. The Labute approximate surface area is 230 Å². The molecule has 0 bridgehead atoms. The highest BCUT2D eigenvalue weighted by atomic mass is 16.5. The monoisotopic (exact) mass is 531 g/mol. The largest absolute Gasteiger partial charge is 0.495 e. The number of piperazine rings is 1. The molecule has 1 heterocycles. The van der Waals surface area contributed by atoms with E-state index in [1.165, 1.54) is 0 Å². The number of carbonyl (C=O) groups excluding carboxylic acids is 2. The fraction of sp³-hybridized carbons (Fsp3) is 0.333. The van der Waals surface area contributed by atoms with Gasteiger partial charge in [0.15, 0.2) is 0 Å². The van der Waals surface area contributed by atoms with Crippen LogP contribution in [0.25, 0.3) is 0 Å². The van der Waals surface area contributed by atoms with Gasteiger partial charge in [-0.05, 0) is 63.2 Å². The second-order valence-electron chi connectivity index (χ2n) is 9.51. The number of benzene rings is 3. The maximum Gasteiger partial charge on any atom is 0.323 e. The Hall–Kier alpha value is -4.40. The maximum absolute atomic E-state index is 13.2. The summed E-state index contributed by atoms with van der Waals surface area (Å²) in [6.45, 7) is 9.27. The molecular weight excluding hydrogens is 494 g/mol. The molecular formula is C30H37N5O4. The molecule has 0 aromatic heterocycles. The van der Waals surface area contributed by atoms with Gasteiger partial charge in [0.2, 0.25) is 0 Å². The van der Waals surface area contributed by atoms with E-state index in [0.717, 1.165) is 43.3 Å². The van der Waals surface area contributed by atoms with Gasteiger partial charge in [-0.1, -0.05) is 24.3 Å². The highest BCUT2D eigenvalue weighted by Gasteiger charge is 2.24. The number of amides is 3. The van der Waals surface area contributed by atoms with E-state index < -0.39 is 6.03 Å². The first-order chi connectivity index (χ1) is 18.9. The van der Waals surface area contributed by atoms with Crippen molar-refractivity contribution in [3.63, 3.8) is 0 Å². The summed E-state index contributed by atoms with van der Waals surface area (Å²) in [6.07, 6.45) is 0. The summed E-state index contributed by atoms with van der Waals surface area (Å²) in [5, 5.41) is 8.68. The molecule has 4 rings (SSSR count). The van der Waals surface area contributed by atoms with Crippen LogP contribution in [-0.4, -0.2) is 57.9 Å². The van der Waals surface area contributed by atoms with Gasteiger partial charge >= 0.3 is 6.03 Å². The zero-order valence-electron chi connectivity index (χ0n) is 23.0. The molecule has 3 aromatic carbocycles. The number of para-hydroxylation sites is 4. The quantitative estimate of drug-likeness (QED) is 0.351. The van der Waals surface area contributed by atoms with Crippen molar-refractivity contribution < 1.29 is 19.1 Å². The van der Waals surface area contributed by atoms with Gasteiger partial charge in [0, 0.05) is 43.6 Å². The molecule has 3 aromatic rings. The van der Waals surface area contributed by atoms with Crippen LogP contribution in [0.15, 0.2) is 66.7 Å². The molecule has 1 aliphatic heterocycles. The highest BCUT2D eigenvalue weighted by Crippen LogP contribution is 2.31. The number of nitrogens with one attached hydrogen (secondary N) is 3. The van der Waals surface area contributed by atoms with E-state index >= 15 is 0 Å². The van der Waals surface area contributed by atoms with Gasteiger partial charge < -0.3 is 35.2 Å². The van der Waals surface area contributed by atoms with Crippen LogP contribution in [0.3, 0.4) is 0 Å². The van der Waals surface area contributed by atoms with E-state index in [1.807, 2.05) is 63.2 Å². The van der Waals surface area contributed by atoms with Gasteiger partial charge in [-0.25, -0.2) is 4.79 Å². The average molecular weight is 532 g/mol. The third-order valence-electron chi connectivity index (χ3n) is 6.40. The lowest BCUT2D eigenvalue weighted by molar-refractivity contribution is 0.0943. The first kappa shape index (κ1) is 27.6. The van der Waals surface area contributed by atoms with Crippen LogP contribution in [-0.2, 0) is 0 Å². The molecule has 1 aliphatic rings. The van der Waals surface area contributed by atoms with Crippen molar-refractivity contribution in [3.05, 3.63) is 72.3 Å². The molecule has 0 atom stereocenters. The molecule has 0 saturated carbocycles. The number of hydrogen-bond donors (Lipinski definition) is 3. The molecule has 1 saturated heterocycles. The lowest BCUT2D eigenvalue weighted by Crippen LogP contribution is -2.47. The van der Waals surface area contributed by atoms with Crippen molar-refractivity contribution in [2.75, 3.05) is 60.3 Å². The predicted molar refractivity (Wildman–Crippen MR) is 157 cm³/mol. The van der Waals surface area contributed by atoms with Crippen molar-refractivity contribution in [1.29, 1.82) is 0 Å². The first-order valence-corrected chi connectivity index (χ1v) is 13.3. The SMILES string of the molecule is CCOc1ccccc1NC(=O)Nc1ccc(N2CCN(c3ccccc3OC)CC2)c(C(=O)NC(C)C)c1. The van der Waals surface area contributed by atoms with Gasteiger partial charge in [-0.2, -0.15) is 0 Å². The summed E-state index contributed by atoms with van der Waals surface area (Å²) in [4.78, 5) is 30.5. The van der Waals surface area contributed by atoms with Crippen molar-refractivity contribution in [2.24, 2.45) is 0 Å². The standard InChI is InChI=1S/C30H37N5O4/c1-5-39-27-12-8-6-10-24(27)33-30(37)32-22-14-15-25(23(20-22)29(36)31-21(2)3)34-16-18-35(19-17-34)26-11-7-9-13-28(26)38-4/h6-15,20-21H,5,16-19H2,1-4H3,(H,31,36)(H2,32,33,37). The number of nitrogens with zero attached hydrogens (tertiary/aromatic N) is 2. The van der Waals surface area contributed by atoms with Gasteiger partial charge in [-0.15, -0.1) is 0 Å². The van der Waals surface area contributed by atoms with Crippen molar-refractivity contribution in [2.45, 2.75) is 26.8 Å². The topological polar surface area (TPSA) is 95.2 Å². The minimum absolute atomic E-state index is 0.0253. The Morgan fingerprint density at radius 1 is 0.846 bits per heavy atom. The number of carbonyl (C=O) groups is 2. The fourth-order valence-electron chi connectivity index (χ4n) is 4.63. The van der Waals surface area contributed by atoms with Gasteiger partial charge in [-0.3, -0.25) is 4.79 Å². The molecule has 1 fully saturated rings. The number of rotatable bonds is 9. The Kier molecular flexibility index (Phi) is 9.14. The molecule has 206 valence electrons. The minimum Gasteiger partial charge on any atom is -0.495 e. The minimum atomic E-state index is -0.421. The number of anilines is 4. The summed E-state index contributed by atoms with van der Waals surface area (Å²) >= 11 is 0. The van der Waals surface area contributed by atoms with E-state index in [4.69, 9.17) is 9.47 Å². The second-order valence-corrected chi connectivity index (χ2v) is 9.51. The van der Waals surface area contributed by atoms with E-state index in [9.17, 15) is 9.59 Å². The molecule has 3 amide bonds. The van der Waals surface area contributed by atoms with Crippen LogP contribution in [0.5, 0.6) is 11.5 Å². The Morgan fingerprint density at radius 3 is 2.15 bits per heavy atom. The highest BCUT2D eigenvalue weighted by molar-refractivity contribution is 6.04. The van der Waals surface area contributed by atoms with Gasteiger partial charge in [0.05, 0.1) is 30.7 Å². The van der Waals surface area contributed by atoms with Crippen LogP contribution >= 0.6 is 0 Å². The molecule has 3 N–H and O–H groups in total. The summed E-state index contributed by atoms with van der Waals surface area (Å²) in [5.41, 5.74) is 3.50. The smallest absolute Gasteiger partial charge is 0.323 e. The lowest BCUT2D eigenvalue weighted by Gasteiger charge is -2.38. The van der Waals surface area contributed by atoms with Crippen LogP contribution in [0.2, 0.25) is 0 Å². The van der Waals surface area contributed by atoms with Crippen LogP contribution < -0.4 is 35.2 Å². The normalized spacial score (nSPS) is 13.2. The fourth-order valence-corrected chi connectivity index (χ4v) is 4.63. The molecule has 9 nitrogen and oxygen atoms in total. The van der Waals surface area contributed by atoms with Crippen molar-refractivity contribution in [1.82, 2.24) is 5.32 Å². The van der Waals surface area contributed by atoms with E-state index in [1.54, 1.807) is 25.3 Å². The first-order valence-electron chi connectivity index (χ1n) is 13.3. The van der Waals surface area contributed by atoms with E-state index in [-0.39, 0.29) is 11.9 Å². The third kappa shape index (κ3) is 6.93. The molecule has 0 unspecified atom stereocenters. The predicted octanol–water partition coefficient (Wildman–Crippen LogP) is 5.20. The molecule has 0 spiro atoms. The molecule has 0 aliphatic carbocycles.